The Balaban J connectivity index is 1.98. The number of ether oxygens (including phenoxy) is 1. The topological polar surface area (TPSA) is 38.3 Å². The van der Waals surface area contributed by atoms with Crippen molar-refractivity contribution >= 4 is 21.9 Å². The van der Waals surface area contributed by atoms with Crippen LogP contribution in [0.2, 0.25) is 0 Å². The second kappa shape index (κ2) is 6.53. The molecule has 0 radical (unpaired) electrons. The number of hydrogen-bond acceptors (Lipinski definition) is 3. The van der Waals surface area contributed by atoms with Gasteiger partial charge in [0.1, 0.15) is 12.1 Å². The molecule has 0 aliphatic carbocycles. The van der Waals surface area contributed by atoms with E-state index in [-0.39, 0.29) is 5.97 Å². The Morgan fingerprint density at radius 1 is 1.47 bits per heavy atom. The molecule has 1 fully saturated rings. The molecule has 1 heterocycles. The van der Waals surface area contributed by atoms with Gasteiger partial charge in [0, 0.05) is 10.0 Å². The lowest BCUT2D eigenvalue weighted by Crippen LogP contribution is -2.48. The van der Waals surface area contributed by atoms with E-state index in [0.29, 0.717) is 6.61 Å². The minimum absolute atomic E-state index is 0.109. The highest BCUT2D eigenvalue weighted by Crippen LogP contribution is 2.27. The van der Waals surface area contributed by atoms with E-state index in [1.807, 2.05) is 24.3 Å². The quantitative estimate of drug-likeness (QED) is 0.843. The maximum absolute atomic E-state index is 12.3. The van der Waals surface area contributed by atoms with E-state index < -0.39 is 5.54 Å². The van der Waals surface area contributed by atoms with Gasteiger partial charge in [-0.25, -0.2) is 0 Å². The molecule has 1 aromatic rings. The van der Waals surface area contributed by atoms with E-state index in [1.165, 1.54) is 0 Å². The smallest absolute Gasteiger partial charge is 0.326 e. The first-order valence-corrected chi connectivity index (χ1v) is 7.63. The summed E-state index contributed by atoms with van der Waals surface area (Å²) < 4.78 is 6.50. The van der Waals surface area contributed by atoms with Crippen molar-refractivity contribution in [3.05, 3.63) is 34.3 Å². The van der Waals surface area contributed by atoms with Gasteiger partial charge in [-0.15, -0.1) is 0 Å². The van der Waals surface area contributed by atoms with Crippen LogP contribution < -0.4 is 5.32 Å². The third-order valence-corrected chi connectivity index (χ3v) is 4.40. The molecule has 104 valence electrons. The van der Waals surface area contributed by atoms with E-state index >= 15 is 0 Å². The summed E-state index contributed by atoms with van der Waals surface area (Å²) in [5.74, 6) is -0.109. The zero-order chi connectivity index (χ0) is 13.7. The number of rotatable bonds is 5. The van der Waals surface area contributed by atoms with Gasteiger partial charge in [0.05, 0.1) is 0 Å². The number of nitrogens with one attached hydrogen (secondary N) is 1. The van der Waals surface area contributed by atoms with Gasteiger partial charge in [-0.1, -0.05) is 47.5 Å². The third kappa shape index (κ3) is 3.37. The van der Waals surface area contributed by atoms with Gasteiger partial charge in [-0.2, -0.15) is 0 Å². The number of hydrogen-bond donors (Lipinski definition) is 1. The van der Waals surface area contributed by atoms with E-state index in [4.69, 9.17) is 4.74 Å². The Kier molecular flexibility index (Phi) is 4.99. The molecule has 0 aromatic heterocycles. The van der Waals surface area contributed by atoms with E-state index in [9.17, 15) is 4.79 Å². The fraction of sp³-hybridized carbons (Fsp3) is 0.533. The summed E-state index contributed by atoms with van der Waals surface area (Å²) in [5, 5.41) is 3.34. The van der Waals surface area contributed by atoms with Crippen molar-refractivity contribution in [3.63, 3.8) is 0 Å². The van der Waals surface area contributed by atoms with Crippen LogP contribution in [0.1, 0.15) is 38.2 Å². The van der Waals surface area contributed by atoms with Crippen molar-refractivity contribution in [2.75, 3.05) is 6.54 Å². The molecule has 0 bridgehead atoms. The molecule has 4 heteroatoms. The largest absolute Gasteiger partial charge is 0.459 e. The zero-order valence-electron chi connectivity index (χ0n) is 11.2. The first-order chi connectivity index (χ1) is 9.18. The predicted molar refractivity (Wildman–Crippen MR) is 78.8 cm³/mol. The Bertz CT molecular complexity index is 442. The molecule has 1 N–H and O–H groups in total. The number of carbonyl (C=O) groups excluding carboxylic acids is 1. The molecule has 1 aliphatic rings. The number of esters is 1. The molecule has 0 saturated carbocycles. The normalized spacial score (nSPS) is 22.4. The SMILES string of the molecule is CCCC1(C(=O)OCc2ccccc2Br)CCCN1. The van der Waals surface area contributed by atoms with Crippen LogP contribution in [0.25, 0.3) is 0 Å². The Labute approximate surface area is 122 Å². The van der Waals surface area contributed by atoms with E-state index in [2.05, 4.69) is 28.2 Å². The summed E-state index contributed by atoms with van der Waals surface area (Å²) in [4.78, 5) is 12.3. The van der Waals surface area contributed by atoms with E-state index in [1.54, 1.807) is 0 Å². The van der Waals surface area contributed by atoms with Crippen LogP contribution in [0.4, 0.5) is 0 Å². The fourth-order valence-electron chi connectivity index (χ4n) is 2.62. The minimum atomic E-state index is -0.448. The molecule has 1 atom stereocenters. The molecule has 1 aliphatic heterocycles. The lowest BCUT2D eigenvalue weighted by molar-refractivity contribution is -0.152. The summed E-state index contributed by atoms with van der Waals surface area (Å²) in [5.41, 5.74) is 0.552. The van der Waals surface area contributed by atoms with E-state index in [0.717, 1.165) is 42.3 Å². The van der Waals surface area contributed by atoms with Gasteiger partial charge in [-0.05, 0) is 31.9 Å². The van der Waals surface area contributed by atoms with Crippen LogP contribution in [-0.2, 0) is 16.1 Å². The Morgan fingerprint density at radius 2 is 2.26 bits per heavy atom. The standard InChI is InChI=1S/C15H20BrNO2/c1-2-8-15(9-5-10-17-15)14(18)19-11-12-6-3-4-7-13(12)16/h3-4,6-7,17H,2,5,8-11H2,1H3. The molecule has 2 rings (SSSR count). The number of halogens is 1. The Hall–Kier alpha value is -0.870. The first-order valence-electron chi connectivity index (χ1n) is 6.83. The lowest BCUT2D eigenvalue weighted by Gasteiger charge is -2.26. The molecule has 19 heavy (non-hydrogen) atoms. The van der Waals surface area contributed by atoms with Gasteiger partial charge < -0.3 is 10.1 Å². The Morgan fingerprint density at radius 3 is 2.89 bits per heavy atom. The van der Waals surface area contributed by atoms with Crippen molar-refractivity contribution in [2.45, 2.75) is 44.8 Å². The third-order valence-electron chi connectivity index (χ3n) is 3.63. The minimum Gasteiger partial charge on any atom is -0.459 e. The molecular weight excluding hydrogens is 306 g/mol. The zero-order valence-corrected chi connectivity index (χ0v) is 12.8. The molecule has 1 unspecified atom stereocenters. The molecular formula is C15H20BrNO2. The monoisotopic (exact) mass is 325 g/mol. The molecule has 0 amide bonds. The van der Waals surface area contributed by atoms with Crippen molar-refractivity contribution in [1.29, 1.82) is 0 Å². The van der Waals surface area contributed by atoms with Crippen LogP contribution in [0, 0.1) is 0 Å². The van der Waals surface area contributed by atoms with Gasteiger partial charge in [-0.3, -0.25) is 4.79 Å². The van der Waals surface area contributed by atoms with Gasteiger partial charge in [0.15, 0.2) is 0 Å². The molecule has 1 saturated heterocycles. The van der Waals surface area contributed by atoms with Crippen LogP contribution in [0.5, 0.6) is 0 Å². The highest BCUT2D eigenvalue weighted by molar-refractivity contribution is 9.10. The number of carbonyl (C=O) groups is 1. The highest BCUT2D eigenvalue weighted by Gasteiger charge is 2.41. The first kappa shape index (κ1) is 14.5. The average molecular weight is 326 g/mol. The molecule has 0 spiro atoms. The van der Waals surface area contributed by atoms with Crippen molar-refractivity contribution in [1.82, 2.24) is 5.32 Å². The fourth-order valence-corrected chi connectivity index (χ4v) is 3.02. The summed E-state index contributed by atoms with van der Waals surface area (Å²) in [7, 11) is 0. The summed E-state index contributed by atoms with van der Waals surface area (Å²) in [6, 6.07) is 7.82. The molecule has 3 nitrogen and oxygen atoms in total. The van der Waals surface area contributed by atoms with Crippen molar-refractivity contribution < 1.29 is 9.53 Å². The maximum Gasteiger partial charge on any atom is 0.326 e. The second-order valence-electron chi connectivity index (χ2n) is 5.03. The predicted octanol–water partition coefficient (Wildman–Crippen LogP) is 3.41. The van der Waals surface area contributed by atoms with Gasteiger partial charge >= 0.3 is 5.97 Å². The van der Waals surface area contributed by atoms with Crippen LogP contribution >= 0.6 is 15.9 Å². The van der Waals surface area contributed by atoms with Crippen molar-refractivity contribution in [2.24, 2.45) is 0 Å². The van der Waals surface area contributed by atoms with Gasteiger partial charge in [0.2, 0.25) is 0 Å². The van der Waals surface area contributed by atoms with Crippen LogP contribution in [0.15, 0.2) is 28.7 Å². The molecule has 1 aromatic carbocycles. The summed E-state index contributed by atoms with van der Waals surface area (Å²) in [6.45, 7) is 3.33. The second-order valence-corrected chi connectivity index (χ2v) is 5.88. The lowest BCUT2D eigenvalue weighted by atomic mass is 9.92. The van der Waals surface area contributed by atoms with Gasteiger partial charge in [0.25, 0.3) is 0 Å². The summed E-state index contributed by atoms with van der Waals surface area (Å²) >= 11 is 3.47. The van der Waals surface area contributed by atoms with Crippen LogP contribution in [0.3, 0.4) is 0 Å². The highest BCUT2D eigenvalue weighted by atomic mass is 79.9. The maximum atomic E-state index is 12.3. The van der Waals surface area contributed by atoms with Crippen LogP contribution in [-0.4, -0.2) is 18.1 Å². The number of benzene rings is 1. The summed E-state index contributed by atoms with van der Waals surface area (Å²) in [6.07, 6.45) is 3.76. The average Bonchev–Trinajstić information content (AvgIpc) is 2.88. The van der Waals surface area contributed by atoms with Crippen molar-refractivity contribution in [3.8, 4) is 0 Å².